The first-order valence-corrected chi connectivity index (χ1v) is 7.04. The molecule has 2 heterocycles. The van der Waals surface area contributed by atoms with Crippen LogP contribution in [0.4, 0.5) is 5.95 Å². The van der Waals surface area contributed by atoms with Crippen molar-refractivity contribution >= 4 is 17.7 Å². The van der Waals surface area contributed by atoms with Gasteiger partial charge in [0.15, 0.2) is 22.5 Å². The number of aromatic nitrogens is 3. The van der Waals surface area contributed by atoms with Crippen LogP contribution in [-0.4, -0.2) is 28.0 Å². The summed E-state index contributed by atoms with van der Waals surface area (Å²) in [4.78, 5) is 12.2. The molecule has 0 bridgehead atoms. The van der Waals surface area contributed by atoms with Crippen molar-refractivity contribution < 1.29 is 14.2 Å². The van der Waals surface area contributed by atoms with Gasteiger partial charge in [-0.1, -0.05) is 11.8 Å². The number of fused-ring (bicyclic) bond motifs is 1. The van der Waals surface area contributed by atoms with E-state index < -0.39 is 0 Å². The van der Waals surface area contributed by atoms with E-state index in [1.54, 1.807) is 18.2 Å². The first-order chi connectivity index (χ1) is 9.74. The molecule has 20 heavy (non-hydrogen) atoms. The number of rotatable bonds is 4. The van der Waals surface area contributed by atoms with Crippen LogP contribution in [0.2, 0.25) is 0 Å². The van der Waals surface area contributed by atoms with E-state index >= 15 is 0 Å². The lowest BCUT2D eigenvalue weighted by molar-refractivity contribution is 0.173. The summed E-state index contributed by atoms with van der Waals surface area (Å²) in [6.45, 7) is 0.444. The van der Waals surface area contributed by atoms with Crippen molar-refractivity contribution in [3.63, 3.8) is 0 Å². The first-order valence-electron chi connectivity index (χ1n) is 5.81. The molecule has 2 N–H and O–H groups in total. The van der Waals surface area contributed by atoms with Crippen LogP contribution in [0.5, 0.6) is 17.2 Å². The highest BCUT2D eigenvalue weighted by atomic mass is 32.2. The Morgan fingerprint density at radius 3 is 2.95 bits per heavy atom. The number of benzene rings is 1. The Balaban J connectivity index is 1.71. The predicted molar refractivity (Wildman–Crippen MR) is 72.9 cm³/mol. The quantitative estimate of drug-likeness (QED) is 0.847. The van der Waals surface area contributed by atoms with Crippen LogP contribution < -0.4 is 19.9 Å². The van der Waals surface area contributed by atoms with E-state index in [0.717, 1.165) is 0 Å². The number of hydrogen-bond acceptors (Lipinski definition) is 8. The van der Waals surface area contributed by atoms with Crippen LogP contribution in [0.25, 0.3) is 0 Å². The lowest BCUT2D eigenvalue weighted by Crippen LogP contribution is -2.07. The van der Waals surface area contributed by atoms with Gasteiger partial charge in [0.2, 0.25) is 12.7 Å². The zero-order valence-corrected chi connectivity index (χ0v) is 11.5. The highest BCUT2D eigenvalue weighted by Crippen LogP contribution is 2.35. The molecular weight excluding hydrogens is 280 g/mol. The van der Waals surface area contributed by atoms with Crippen molar-refractivity contribution in [1.29, 1.82) is 0 Å². The molecule has 0 saturated carbocycles. The van der Waals surface area contributed by atoms with Gasteiger partial charge in [0.1, 0.15) is 12.4 Å². The molecule has 0 fully saturated rings. The first kappa shape index (κ1) is 12.8. The normalized spacial score (nSPS) is 12.4. The second-order valence-electron chi connectivity index (χ2n) is 3.90. The lowest BCUT2D eigenvalue weighted by atomic mass is 10.3. The molecule has 0 spiro atoms. The third kappa shape index (κ3) is 2.69. The molecule has 2 aromatic rings. The Labute approximate surface area is 119 Å². The van der Waals surface area contributed by atoms with Crippen LogP contribution in [0.15, 0.2) is 23.4 Å². The van der Waals surface area contributed by atoms with E-state index in [2.05, 4.69) is 15.0 Å². The van der Waals surface area contributed by atoms with Gasteiger partial charge in [-0.05, 0) is 18.4 Å². The average Bonchev–Trinajstić information content (AvgIpc) is 2.92. The summed E-state index contributed by atoms with van der Waals surface area (Å²) < 4.78 is 16.1. The Kier molecular flexibility index (Phi) is 3.46. The summed E-state index contributed by atoms with van der Waals surface area (Å²) in [5, 5.41) is 0.571. The molecule has 0 radical (unpaired) electrons. The van der Waals surface area contributed by atoms with Crippen LogP contribution >= 0.6 is 11.8 Å². The summed E-state index contributed by atoms with van der Waals surface area (Å²) in [7, 11) is 0. The third-order valence-electron chi connectivity index (χ3n) is 2.57. The number of nitrogens with two attached hydrogens (primary N) is 1. The molecular formula is C12H12N4O3S. The number of nitrogens with zero attached hydrogens (tertiary/aromatic N) is 3. The maximum Gasteiger partial charge on any atom is 0.231 e. The SMILES string of the molecule is CSc1nc(N)nc(COc2ccc3c(c2)OCO3)n1. The second kappa shape index (κ2) is 5.41. The highest BCUT2D eigenvalue weighted by Gasteiger charge is 2.14. The van der Waals surface area contributed by atoms with E-state index in [9.17, 15) is 0 Å². The Morgan fingerprint density at radius 2 is 2.10 bits per heavy atom. The fourth-order valence-corrected chi connectivity index (χ4v) is 2.07. The van der Waals surface area contributed by atoms with Crippen LogP contribution in [0, 0.1) is 0 Å². The number of nitrogen functional groups attached to an aromatic ring is 1. The predicted octanol–water partition coefficient (Wildman–Crippen LogP) is 1.48. The average molecular weight is 292 g/mol. The van der Waals surface area contributed by atoms with Crippen molar-refractivity contribution in [2.45, 2.75) is 11.8 Å². The largest absolute Gasteiger partial charge is 0.485 e. The van der Waals surface area contributed by atoms with E-state index in [-0.39, 0.29) is 19.3 Å². The number of thioether (sulfide) groups is 1. The molecule has 8 heteroatoms. The minimum absolute atomic E-state index is 0.189. The molecule has 0 saturated heterocycles. The summed E-state index contributed by atoms with van der Waals surface area (Å²) in [6.07, 6.45) is 1.87. The van der Waals surface area contributed by atoms with E-state index in [0.29, 0.717) is 28.2 Å². The third-order valence-corrected chi connectivity index (χ3v) is 3.12. The Hall–Kier alpha value is -2.22. The minimum atomic E-state index is 0.189. The molecule has 3 rings (SSSR count). The molecule has 104 valence electrons. The minimum Gasteiger partial charge on any atom is -0.485 e. The fourth-order valence-electron chi connectivity index (χ4n) is 1.69. The standard InChI is InChI=1S/C12H12N4O3S/c1-20-12-15-10(14-11(13)16-12)5-17-7-2-3-8-9(4-7)19-6-18-8/h2-4H,5-6H2,1H3,(H2,13,14,15,16). The van der Waals surface area contributed by atoms with Crippen molar-refractivity contribution in [2.75, 3.05) is 18.8 Å². The molecule has 1 aliphatic rings. The van der Waals surface area contributed by atoms with Crippen LogP contribution in [0.1, 0.15) is 5.82 Å². The molecule has 1 aromatic carbocycles. The molecule has 0 amide bonds. The van der Waals surface area contributed by atoms with Crippen LogP contribution in [-0.2, 0) is 6.61 Å². The topological polar surface area (TPSA) is 92.4 Å². The fraction of sp³-hybridized carbons (Fsp3) is 0.250. The van der Waals surface area contributed by atoms with Crippen molar-refractivity contribution in [2.24, 2.45) is 0 Å². The van der Waals surface area contributed by atoms with Crippen LogP contribution in [0.3, 0.4) is 0 Å². The zero-order valence-electron chi connectivity index (χ0n) is 10.7. The van der Waals surface area contributed by atoms with Gasteiger partial charge in [-0.15, -0.1) is 0 Å². The monoisotopic (exact) mass is 292 g/mol. The Morgan fingerprint density at radius 1 is 1.25 bits per heavy atom. The molecule has 0 atom stereocenters. The number of ether oxygens (including phenoxy) is 3. The summed E-state index contributed by atoms with van der Waals surface area (Å²) in [6, 6.07) is 5.36. The van der Waals surface area contributed by atoms with Gasteiger partial charge in [-0.3, -0.25) is 0 Å². The van der Waals surface area contributed by atoms with E-state index in [4.69, 9.17) is 19.9 Å². The van der Waals surface area contributed by atoms with Gasteiger partial charge in [-0.2, -0.15) is 9.97 Å². The highest BCUT2D eigenvalue weighted by molar-refractivity contribution is 7.98. The Bertz CT molecular complexity index is 638. The molecule has 0 aliphatic carbocycles. The maximum atomic E-state index is 5.62. The number of hydrogen-bond donors (Lipinski definition) is 1. The molecule has 0 unspecified atom stereocenters. The van der Waals surface area contributed by atoms with Gasteiger partial charge in [-0.25, -0.2) is 4.98 Å². The number of anilines is 1. The van der Waals surface area contributed by atoms with Gasteiger partial charge in [0, 0.05) is 6.07 Å². The molecule has 1 aliphatic heterocycles. The van der Waals surface area contributed by atoms with E-state index in [1.807, 2.05) is 6.26 Å². The van der Waals surface area contributed by atoms with Gasteiger partial charge < -0.3 is 19.9 Å². The van der Waals surface area contributed by atoms with Crippen molar-refractivity contribution in [1.82, 2.24) is 15.0 Å². The van der Waals surface area contributed by atoms with Gasteiger partial charge >= 0.3 is 0 Å². The lowest BCUT2D eigenvalue weighted by Gasteiger charge is -2.07. The summed E-state index contributed by atoms with van der Waals surface area (Å²) >= 11 is 1.40. The van der Waals surface area contributed by atoms with Gasteiger partial charge in [0.25, 0.3) is 0 Å². The van der Waals surface area contributed by atoms with Gasteiger partial charge in [0.05, 0.1) is 0 Å². The maximum absolute atomic E-state index is 5.62. The van der Waals surface area contributed by atoms with Crippen molar-refractivity contribution in [3.8, 4) is 17.2 Å². The van der Waals surface area contributed by atoms with E-state index in [1.165, 1.54) is 11.8 Å². The van der Waals surface area contributed by atoms with Crippen molar-refractivity contribution in [3.05, 3.63) is 24.0 Å². The summed E-state index contributed by atoms with van der Waals surface area (Å²) in [5.74, 6) is 2.71. The summed E-state index contributed by atoms with van der Waals surface area (Å²) in [5.41, 5.74) is 5.61. The second-order valence-corrected chi connectivity index (χ2v) is 4.67. The molecule has 1 aromatic heterocycles. The smallest absolute Gasteiger partial charge is 0.231 e. The zero-order chi connectivity index (χ0) is 13.9. The molecule has 7 nitrogen and oxygen atoms in total.